The molecule has 1 aliphatic heterocycles. The summed E-state index contributed by atoms with van der Waals surface area (Å²) in [6.07, 6.45) is 3.23. The molecule has 14 heavy (non-hydrogen) atoms. The molecule has 0 radical (unpaired) electrons. The lowest BCUT2D eigenvalue weighted by Crippen LogP contribution is -2.39. The van der Waals surface area contributed by atoms with Crippen molar-refractivity contribution < 1.29 is 9.23 Å². The fourth-order valence-corrected chi connectivity index (χ4v) is 2.24. The summed E-state index contributed by atoms with van der Waals surface area (Å²) in [5, 5.41) is 0. The van der Waals surface area contributed by atoms with Gasteiger partial charge >= 0.3 is 0 Å². The van der Waals surface area contributed by atoms with Crippen LogP contribution < -0.4 is 5.90 Å². The van der Waals surface area contributed by atoms with E-state index < -0.39 is 6.17 Å². The standard InChI is InChI=1S/C10H19FN2O/c11-9-1-5-13(6-2-9)7-10(3-4-10)8-14-12/h9H,1-8,12H2. The first-order valence-corrected chi connectivity index (χ1v) is 5.42. The second-order valence-corrected chi connectivity index (χ2v) is 4.76. The Morgan fingerprint density at radius 1 is 1.36 bits per heavy atom. The highest BCUT2D eigenvalue weighted by Gasteiger charge is 2.44. The summed E-state index contributed by atoms with van der Waals surface area (Å²) in [5.41, 5.74) is 0.303. The van der Waals surface area contributed by atoms with Gasteiger partial charge in [0.2, 0.25) is 0 Å². The van der Waals surface area contributed by atoms with Gasteiger partial charge in [-0.1, -0.05) is 0 Å². The third-order valence-corrected chi connectivity index (χ3v) is 3.42. The zero-order chi connectivity index (χ0) is 10.0. The number of piperidine rings is 1. The van der Waals surface area contributed by atoms with Crippen LogP contribution >= 0.6 is 0 Å². The van der Waals surface area contributed by atoms with Gasteiger partial charge in [-0.05, 0) is 25.7 Å². The monoisotopic (exact) mass is 202 g/mol. The molecule has 0 unspecified atom stereocenters. The predicted molar refractivity (Wildman–Crippen MR) is 52.4 cm³/mol. The Kier molecular flexibility index (Phi) is 3.04. The quantitative estimate of drug-likeness (QED) is 0.694. The van der Waals surface area contributed by atoms with E-state index in [4.69, 9.17) is 10.7 Å². The van der Waals surface area contributed by atoms with E-state index >= 15 is 0 Å². The molecule has 1 aliphatic carbocycles. The maximum Gasteiger partial charge on any atom is 0.103 e. The first kappa shape index (κ1) is 10.3. The van der Waals surface area contributed by atoms with E-state index in [1.807, 2.05) is 0 Å². The van der Waals surface area contributed by atoms with Gasteiger partial charge in [-0.15, -0.1) is 0 Å². The minimum atomic E-state index is -0.577. The molecule has 4 heteroatoms. The number of hydrogen-bond donors (Lipinski definition) is 1. The first-order valence-electron chi connectivity index (χ1n) is 5.42. The van der Waals surface area contributed by atoms with Crippen LogP contribution in [0.1, 0.15) is 25.7 Å². The largest absolute Gasteiger partial charge is 0.304 e. The Morgan fingerprint density at radius 2 is 2.00 bits per heavy atom. The lowest BCUT2D eigenvalue weighted by atomic mass is 10.0. The van der Waals surface area contributed by atoms with Crippen LogP contribution in [0.25, 0.3) is 0 Å². The molecule has 2 N–H and O–H groups in total. The minimum absolute atomic E-state index is 0.303. The topological polar surface area (TPSA) is 38.5 Å². The van der Waals surface area contributed by atoms with Gasteiger partial charge in [-0.2, -0.15) is 0 Å². The molecule has 1 saturated heterocycles. The van der Waals surface area contributed by atoms with Crippen LogP contribution in [0.3, 0.4) is 0 Å². The van der Waals surface area contributed by atoms with Crippen LogP contribution in [0, 0.1) is 5.41 Å². The van der Waals surface area contributed by atoms with Crippen molar-refractivity contribution in [2.24, 2.45) is 11.3 Å². The molecule has 3 nitrogen and oxygen atoms in total. The lowest BCUT2D eigenvalue weighted by molar-refractivity contribution is 0.0583. The molecule has 0 bridgehead atoms. The zero-order valence-corrected chi connectivity index (χ0v) is 8.54. The van der Waals surface area contributed by atoms with Crippen molar-refractivity contribution in [1.82, 2.24) is 4.90 Å². The molecule has 2 fully saturated rings. The Labute approximate surface area is 84.3 Å². The average Bonchev–Trinajstić information content (AvgIpc) is 2.90. The molecule has 2 rings (SSSR count). The number of hydrogen-bond acceptors (Lipinski definition) is 3. The normalized spacial score (nSPS) is 27.9. The van der Waals surface area contributed by atoms with Crippen molar-refractivity contribution in [3.63, 3.8) is 0 Å². The highest BCUT2D eigenvalue weighted by atomic mass is 19.1. The Bertz CT molecular complexity index is 189. The van der Waals surface area contributed by atoms with Gasteiger partial charge in [0.15, 0.2) is 0 Å². The second kappa shape index (κ2) is 4.13. The van der Waals surface area contributed by atoms with Crippen LogP contribution in [0.5, 0.6) is 0 Å². The average molecular weight is 202 g/mol. The van der Waals surface area contributed by atoms with Crippen molar-refractivity contribution in [2.45, 2.75) is 31.9 Å². The molecule has 0 aromatic heterocycles. The maximum atomic E-state index is 12.9. The minimum Gasteiger partial charge on any atom is -0.304 e. The first-order chi connectivity index (χ1) is 6.74. The number of nitrogens with zero attached hydrogens (tertiary/aromatic N) is 1. The number of rotatable bonds is 4. The van der Waals surface area contributed by atoms with Gasteiger partial charge in [-0.3, -0.25) is 0 Å². The molecule has 0 aromatic carbocycles. The molecule has 0 spiro atoms. The molecular weight excluding hydrogens is 183 g/mol. The van der Waals surface area contributed by atoms with Crippen molar-refractivity contribution in [2.75, 3.05) is 26.2 Å². The molecule has 1 saturated carbocycles. The number of likely N-dealkylation sites (tertiary alicyclic amines) is 1. The van der Waals surface area contributed by atoms with E-state index in [1.165, 1.54) is 12.8 Å². The van der Waals surface area contributed by atoms with Crippen molar-refractivity contribution in [3.8, 4) is 0 Å². The molecule has 1 heterocycles. The van der Waals surface area contributed by atoms with E-state index in [1.54, 1.807) is 0 Å². The molecule has 2 aliphatic rings. The van der Waals surface area contributed by atoms with Crippen molar-refractivity contribution >= 4 is 0 Å². The summed E-state index contributed by atoms with van der Waals surface area (Å²) < 4.78 is 12.9. The van der Waals surface area contributed by atoms with Gasteiger partial charge in [0, 0.05) is 25.0 Å². The van der Waals surface area contributed by atoms with Gasteiger partial charge in [0.25, 0.3) is 0 Å². The molecule has 0 aromatic rings. The summed E-state index contributed by atoms with van der Waals surface area (Å²) in [5.74, 6) is 5.10. The highest BCUT2D eigenvalue weighted by molar-refractivity contribution is 4.96. The van der Waals surface area contributed by atoms with Crippen LogP contribution in [0.2, 0.25) is 0 Å². The van der Waals surface area contributed by atoms with Gasteiger partial charge < -0.3 is 9.74 Å². The summed E-state index contributed by atoms with van der Waals surface area (Å²) in [7, 11) is 0. The second-order valence-electron chi connectivity index (χ2n) is 4.76. The van der Waals surface area contributed by atoms with Crippen LogP contribution in [0.4, 0.5) is 4.39 Å². The number of halogens is 1. The van der Waals surface area contributed by atoms with E-state index in [2.05, 4.69) is 4.90 Å². The Balaban J connectivity index is 1.75. The molecule has 82 valence electrons. The highest BCUT2D eigenvalue weighted by Crippen LogP contribution is 2.46. The van der Waals surface area contributed by atoms with Gasteiger partial charge in [0.1, 0.15) is 6.17 Å². The summed E-state index contributed by atoms with van der Waals surface area (Å²) in [6.45, 7) is 3.49. The van der Waals surface area contributed by atoms with E-state index in [0.29, 0.717) is 24.9 Å². The SMILES string of the molecule is NOCC1(CN2CCC(F)CC2)CC1. The molecular formula is C10H19FN2O. The number of nitrogens with two attached hydrogens (primary N) is 1. The maximum absolute atomic E-state index is 12.9. The van der Waals surface area contributed by atoms with Gasteiger partial charge in [-0.25, -0.2) is 10.3 Å². The van der Waals surface area contributed by atoms with Crippen molar-refractivity contribution in [3.05, 3.63) is 0 Å². The summed E-state index contributed by atoms with van der Waals surface area (Å²) in [6, 6.07) is 0. The zero-order valence-electron chi connectivity index (χ0n) is 8.54. The molecule has 0 amide bonds. The van der Waals surface area contributed by atoms with Gasteiger partial charge in [0.05, 0.1) is 6.61 Å². The lowest BCUT2D eigenvalue weighted by Gasteiger charge is -2.31. The van der Waals surface area contributed by atoms with E-state index in [-0.39, 0.29) is 0 Å². The third kappa shape index (κ3) is 2.43. The third-order valence-electron chi connectivity index (χ3n) is 3.42. The van der Waals surface area contributed by atoms with Crippen LogP contribution in [0.15, 0.2) is 0 Å². The fraction of sp³-hybridized carbons (Fsp3) is 1.00. The predicted octanol–water partition coefficient (Wildman–Crippen LogP) is 1.09. The fourth-order valence-electron chi connectivity index (χ4n) is 2.24. The Hall–Kier alpha value is -0.190. The molecule has 0 atom stereocenters. The van der Waals surface area contributed by atoms with E-state index in [0.717, 1.165) is 19.6 Å². The summed E-state index contributed by atoms with van der Waals surface area (Å²) in [4.78, 5) is 7.08. The smallest absolute Gasteiger partial charge is 0.103 e. The Morgan fingerprint density at radius 3 is 2.50 bits per heavy atom. The summed E-state index contributed by atoms with van der Waals surface area (Å²) >= 11 is 0. The van der Waals surface area contributed by atoms with Crippen LogP contribution in [-0.4, -0.2) is 37.3 Å². The number of alkyl halides is 1. The van der Waals surface area contributed by atoms with Crippen molar-refractivity contribution in [1.29, 1.82) is 0 Å². The van der Waals surface area contributed by atoms with E-state index in [9.17, 15) is 4.39 Å². The van der Waals surface area contributed by atoms with Crippen LogP contribution in [-0.2, 0) is 4.84 Å².